The largest absolute Gasteiger partial charge is 0.508 e. The molecule has 0 aliphatic heterocycles. The summed E-state index contributed by atoms with van der Waals surface area (Å²) < 4.78 is 26.6. The molecular formula is C16H15NO3S. The van der Waals surface area contributed by atoms with Crippen molar-refractivity contribution >= 4 is 20.9 Å². The summed E-state index contributed by atoms with van der Waals surface area (Å²) in [6.45, 7) is 2.02. The number of benzene rings is 2. The van der Waals surface area contributed by atoms with Gasteiger partial charge in [0.2, 0.25) is 0 Å². The smallest absolute Gasteiger partial charge is 0.268 e. The van der Waals surface area contributed by atoms with Gasteiger partial charge in [-0.1, -0.05) is 19.1 Å². The van der Waals surface area contributed by atoms with Crippen molar-refractivity contribution in [2.75, 3.05) is 0 Å². The van der Waals surface area contributed by atoms with E-state index < -0.39 is 10.0 Å². The Kier molecular flexibility index (Phi) is 3.22. The van der Waals surface area contributed by atoms with E-state index >= 15 is 0 Å². The molecule has 21 heavy (non-hydrogen) atoms. The number of phenols is 1. The molecule has 2 aromatic carbocycles. The second-order valence-corrected chi connectivity index (χ2v) is 6.67. The van der Waals surface area contributed by atoms with Crippen LogP contribution in [0.5, 0.6) is 5.75 Å². The van der Waals surface area contributed by atoms with Crippen molar-refractivity contribution in [1.82, 2.24) is 3.97 Å². The van der Waals surface area contributed by atoms with Gasteiger partial charge in [-0.2, -0.15) is 0 Å². The number of phenolic OH excluding ortho intramolecular Hbond substituents is 1. The number of aryl methyl sites for hydroxylation is 1. The van der Waals surface area contributed by atoms with Crippen molar-refractivity contribution in [1.29, 1.82) is 0 Å². The molecule has 0 atom stereocenters. The third-order valence-corrected chi connectivity index (χ3v) is 5.23. The molecule has 4 nitrogen and oxygen atoms in total. The van der Waals surface area contributed by atoms with E-state index in [4.69, 9.17) is 0 Å². The maximum atomic E-state index is 12.7. The zero-order valence-corrected chi connectivity index (χ0v) is 12.3. The van der Waals surface area contributed by atoms with Crippen LogP contribution < -0.4 is 0 Å². The zero-order valence-electron chi connectivity index (χ0n) is 11.5. The molecule has 1 N–H and O–H groups in total. The fourth-order valence-electron chi connectivity index (χ4n) is 2.32. The van der Waals surface area contributed by atoms with Gasteiger partial charge < -0.3 is 5.11 Å². The number of nitrogens with zero attached hydrogens (tertiary/aromatic N) is 1. The summed E-state index contributed by atoms with van der Waals surface area (Å²) in [5.74, 6) is 0.116. The first-order chi connectivity index (χ1) is 10.0. The molecule has 5 heteroatoms. The maximum absolute atomic E-state index is 12.7. The summed E-state index contributed by atoms with van der Waals surface area (Å²) in [5, 5.41) is 10.1. The number of rotatable bonds is 3. The normalized spacial score (nSPS) is 11.9. The molecule has 0 saturated heterocycles. The van der Waals surface area contributed by atoms with Gasteiger partial charge in [0.05, 0.1) is 10.4 Å². The van der Waals surface area contributed by atoms with Gasteiger partial charge in [0.1, 0.15) is 5.75 Å². The SMILES string of the molecule is CCc1ccc(S(=O)(=O)n2ccc3cc(O)ccc32)cc1. The van der Waals surface area contributed by atoms with Crippen LogP contribution in [0, 0.1) is 0 Å². The first-order valence-corrected chi connectivity index (χ1v) is 8.11. The molecule has 108 valence electrons. The summed E-state index contributed by atoms with van der Waals surface area (Å²) in [4.78, 5) is 0.255. The minimum Gasteiger partial charge on any atom is -0.508 e. The Balaban J connectivity index is 2.15. The van der Waals surface area contributed by atoms with Crippen LogP contribution >= 0.6 is 0 Å². The Morgan fingerprint density at radius 2 is 1.76 bits per heavy atom. The van der Waals surface area contributed by atoms with Crippen LogP contribution in [0.4, 0.5) is 0 Å². The molecule has 0 aliphatic rings. The number of aromatic hydroxyl groups is 1. The van der Waals surface area contributed by atoms with Gasteiger partial charge in [0, 0.05) is 11.6 Å². The van der Waals surface area contributed by atoms with E-state index in [9.17, 15) is 13.5 Å². The monoisotopic (exact) mass is 301 g/mol. The van der Waals surface area contributed by atoms with Gasteiger partial charge in [-0.3, -0.25) is 0 Å². The Morgan fingerprint density at radius 3 is 2.43 bits per heavy atom. The minimum absolute atomic E-state index is 0.116. The van der Waals surface area contributed by atoms with Crippen molar-refractivity contribution in [3.8, 4) is 5.75 Å². The molecule has 3 rings (SSSR count). The summed E-state index contributed by atoms with van der Waals surface area (Å²) in [5.41, 5.74) is 1.64. The topological polar surface area (TPSA) is 59.3 Å². The highest BCUT2D eigenvalue weighted by Crippen LogP contribution is 2.25. The molecule has 1 aromatic heterocycles. The van der Waals surface area contributed by atoms with E-state index in [1.807, 2.05) is 19.1 Å². The van der Waals surface area contributed by atoms with Gasteiger partial charge in [-0.25, -0.2) is 12.4 Å². The van der Waals surface area contributed by atoms with Crippen LogP contribution in [-0.2, 0) is 16.4 Å². The van der Waals surface area contributed by atoms with Crippen LogP contribution in [0.1, 0.15) is 12.5 Å². The molecule has 0 spiro atoms. The van der Waals surface area contributed by atoms with Crippen LogP contribution in [0.25, 0.3) is 10.9 Å². The fraction of sp³-hybridized carbons (Fsp3) is 0.125. The number of hydrogen-bond acceptors (Lipinski definition) is 3. The second kappa shape index (κ2) is 4.93. The highest BCUT2D eigenvalue weighted by atomic mass is 32.2. The Hall–Kier alpha value is -2.27. The van der Waals surface area contributed by atoms with Crippen LogP contribution in [0.3, 0.4) is 0 Å². The second-order valence-electron chi connectivity index (χ2n) is 4.86. The van der Waals surface area contributed by atoms with Crippen molar-refractivity contribution in [3.63, 3.8) is 0 Å². The molecule has 0 unspecified atom stereocenters. The van der Waals surface area contributed by atoms with Crippen molar-refractivity contribution < 1.29 is 13.5 Å². The summed E-state index contributed by atoms with van der Waals surface area (Å²) in [6.07, 6.45) is 2.37. The first-order valence-electron chi connectivity index (χ1n) is 6.67. The van der Waals surface area contributed by atoms with E-state index in [-0.39, 0.29) is 10.6 Å². The lowest BCUT2D eigenvalue weighted by atomic mass is 10.2. The average Bonchev–Trinajstić information content (AvgIpc) is 2.91. The molecule has 0 saturated carbocycles. The van der Waals surface area contributed by atoms with E-state index in [0.717, 1.165) is 12.0 Å². The van der Waals surface area contributed by atoms with Crippen LogP contribution in [0.2, 0.25) is 0 Å². The van der Waals surface area contributed by atoms with E-state index in [0.29, 0.717) is 10.9 Å². The number of hydrogen-bond donors (Lipinski definition) is 1. The van der Waals surface area contributed by atoms with E-state index in [2.05, 4.69) is 0 Å². The average molecular weight is 301 g/mol. The lowest BCUT2D eigenvalue weighted by Crippen LogP contribution is -2.11. The highest BCUT2D eigenvalue weighted by molar-refractivity contribution is 7.90. The van der Waals surface area contributed by atoms with Crippen LogP contribution in [0.15, 0.2) is 59.6 Å². The third-order valence-electron chi connectivity index (χ3n) is 3.53. The minimum atomic E-state index is -3.63. The van der Waals surface area contributed by atoms with E-state index in [1.165, 1.54) is 16.2 Å². The molecule has 0 radical (unpaired) electrons. The first kappa shape index (κ1) is 13.7. The molecule has 1 heterocycles. The quantitative estimate of drug-likeness (QED) is 0.808. The van der Waals surface area contributed by atoms with Gasteiger partial charge in [0.15, 0.2) is 0 Å². The summed E-state index contributed by atoms with van der Waals surface area (Å²) in [6, 6.07) is 13.2. The molecule has 0 bridgehead atoms. The Morgan fingerprint density at radius 1 is 1.05 bits per heavy atom. The summed E-state index contributed by atoms with van der Waals surface area (Å²) in [7, 11) is -3.63. The molecular weight excluding hydrogens is 286 g/mol. The van der Waals surface area contributed by atoms with E-state index in [1.54, 1.807) is 30.3 Å². The van der Waals surface area contributed by atoms with Crippen molar-refractivity contribution in [3.05, 3.63) is 60.3 Å². The van der Waals surface area contributed by atoms with Crippen molar-refractivity contribution in [2.45, 2.75) is 18.2 Å². The van der Waals surface area contributed by atoms with Gasteiger partial charge >= 0.3 is 0 Å². The predicted molar refractivity (Wildman–Crippen MR) is 82.0 cm³/mol. The molecule has 0 aliphatic carbocycles. The maximum Gasteiger partial charge on any atom is 0.268 e. The van der Waals surface area contributed by atoms with Gasteiger partial charge in [-0.15, -0.1) is 0 Å². The highest BCUT2D eigenvalue weighted by Gasteiger charge is 2.18. The lowest BCUT2D eigenvalue weighted by Gasteiger charge is -2.08. The molecule has 3 aromatic rings. The van der Waals surface area contributed by atoms with Gasteiger partial charge in [-0.05, 0) is 48.4 Å². The van der Waals surface area contributed by atoms with Crippen molar-refractivity contribution in [2.24, 2.45) is 0 Å². The molecule has 0 fully saturated rings. The predicted octanol–water partition coefficient (Wildman–Crippen LogP) is 3.15. The zero-order chi connectivity index (χ0) is 15.0. The molecule has 0 amide bonds. The van der Waals surface area contributed by atoms with Gasteiger partial charge in [0.25, 0.3) is 10.0 Å². The number of fused-ring (bicyclic) bond motifs is 1. The lowest BCUT2D eigenvalue weighted by molar-refractivity contribution is 0.476. The summed E-state index contributed by atoms with van der Waals surface area (Å²) >= 11 is 0. The Bertz CT molecular complexity index is 893. The third kappa shape index (κ3) is 2.29. The fourth-order valence-corrected chi connectivity index (χ4v) is 3.68. The number of aromatic nitrogens is 1. The van der Waals surface area contributed by atoms with Crippen LogP contribution in [-0.4, -0.2) is 17.5 Å². The Labute approximate surface area is 123 Å². The standard InChI is InChI=1S/C16H15NO3S/c1-2-12-3-6-15(7-4-12)21(19,20)17-10-9-13-11-14(18)5-8-16(13)17/h3-11,18H,2H2,1H3.